The Morgan fingerprint density at radius 1 is 1.25 bits per heavy atom. The monoisotopic (exact) mass is 330 g/mol. The molecule has 2 aromatic heterocycles. The van der Waals surface area contributed by atoms with Gasteiger partial charge in [0.25, 0.3) is 0 Å². The van der Waals surface area contributed by atoms with Gasteiger partial charge in [-0.05, 0) is 19.9 Å². The van der Waals surface area contributed by atoms with Gasteiger partial charge in [-0.15, -0.1) is 0 Å². The SMILES string of the molecule is CC(C)(O)c1ncc(-c2cc3c(cc2F)nc2n3CCC2F)cn1. The van der Waals surface area contributed by atoms with Crippen LogP contribution in [0.4, 0.5) is 8.78 Å². The van der Waals surface area contributed by atoms with Gasteiger partial charge in [-0.1, -0.05) is 0 Å². The highest BCUT2D eigenvalue weighted by molar-refractivity contribution is 5.83. The number of aryl methyl sites for hydroxylation is 1. The number of aliphatic hydroxyl groups is 1. The minimum absolute atomic E-state index is 0.262. The number of halogens is 2. The largest absolute Gasteiger partial charge is 0.382 e. The molecule has 0 aliphatic carbocycles. The molecule has 3 heterocycles. The average molecular weight is 330 g/mol. The van der Waals surface area contributed by atoms with E-state index in [9.17, 15) is 13.9 Å². The zero-order valence-electron chi connectivity index (χ0n) is 13.3. The number of hydrogen-bond donors (Lipinski definition) is 1. The summed E-state index contributed by atoms with van der Waals surface area (Å²) in [6.45, 7) is 3.70. The maximum atomic E-state index is 14.5. The van der Waals surface area contributed by atoms with E-state index in [0.717, 1.165) is 0 Å². The van der Waals surface area contributed by atoms with Crippen LogP contribution in [0.5, 0.6) is 0 Å². The maximum absolute atomic E-state index is 14.5. The van der Waals surface area contributed by atoms with E-state index in [0.29, 0.717) is 41.0 Å². The van der Waals surface area contributed by atoms with Gasteiger partial charge in [-0.25, -0.2) is 23.7 Å². The Morgan fingerprint density at radius 2 is 1.96 bits per heavy atom. The summed E-state index contributed by atoms with van der Waals surface area (Å²) in [5.41, 5.74) is 0.807. The summed E-state index contributed by atoms with van der Waals surface area (Å²) in [5.74, 6) is 0.155. The van der Waals surface area contributed by atoms with Crippen LogP contribution in [0.25, 0.3) is 22.2 Å². The molecule has 0 bridgehead atoms. The fourth-order valence-corrected chi connectivity index (χ4v) is 3.01. The number of aromatic nitrogens is 4. The lowest BCUT2D eigenvalue weighted by Gasteiger charge is -2.15. The highest BCUT2D eigenvalue weighted by Crippen LogP contribution is 2.35. The molecule has 24 heavy (non-hydrogen) atoms. The number of hydrogen-bond acceptors (Lipinski definition) is 4. The minimum atomic E-state index is -1.16. The zero-order chi connectivity index (χ0) is 17.1. The number of nitrogens with zero attached hydrogens (tertiary/aromatic N) is 4. The van der Waals surface area contributed by atoms with Crippen molar-refractivity contribution >= 4 is 11.0 Å². The fourth-order valence-electron chi connectivity index (χ4n) is 3.01. The van der Waals surface area contributed by atoms with Crippen LogP contribution in [0.15, 0.2) is 24.5 Å². The lowest BCUT2D eigenvalue weighted by molar-refractivity contribution is 0.0687. The van der Waals surface area contributed by atoms with E-state index in [4.69, 9.17) is 0 Å². The molecule has 1 N–H and O–H groups in total. The maximum Gasteiger partial charge on any atom is 0.159 e. The van der Waals surface area contributed by atoms with Gasteiger partial charge in [0.05, 0.1) is 11.0 Å². The molecule has 1 aliphatic rings. The first kappa shape index (κ1) is 15.1. The summed E-state index contributed by atoms with van der Waals surface area (Å²) in [6.07, 6.45) is 2.25. The second-order valence-corrected chi connectivity index (χ2v) is 6.55. The summed E-state index contributed by atoms with van der Waals surface area (Å²) < 4.78 is 30.1. The van der Waals surface area contributed by atoms with E-state index >= 15 is 0 Å². The van der Waals surface area contributed by atoms with Crippen LogP contribution >= 0.6 is 0 Å². The lowest BCUT2D eigenvalue weighted by atomic mass is 10.1. The van der Waals surface area contributed by atoms with Gasteiger partial charge in [-0.2, -0.15) is 0 Å². The Hall–Kier alpha value is -2.41. The molecule has 5 nitrogen and oxygen atoms in total. The second kappa shape index (κ2) is 5.04. The summed E-state index contributed by atoms with van der Waals surface area (Å²) >= 11 is 0. The molecule has 3 aromatic rings. The van der Waals surface area contributed by atoms with Gasteiger partial charge in [0, 0.05) is 42.6 Å². The van der Waals surface area contributed by atoms with E-state index < -0.39 is 17.6 Å². The molecule has 0 radical (unpaired) electrons. The number of rotatable bonds is 2. The third kappa shape index (κ3) is 2.27. The fraction of sp³-hybridized carbons (Fsp3) is 0.353. The molecule has 0 spiro atoms. The van der Waals surface area contributed by atoms with Gasteiger partial charge in [0.15, 0.2) is 12.0 Å². The van der Waals surface area contributed by atoms with Gasteiger partial charge < -0.3 is 9.67 Å². The Labute approximate surface area is 137 Å². The molecule has 0 amide bonds. The number of imidazole rings is 1. The highest BCUT2D eigenvalue weighted by atomic mass is 19.1. The number of alkyl halides is 1. The minimum Gasteiger partial charge on any atom is -0.382 e. The van der Waals surface area contributed by atoms with Crippen LogP contribution in [0, 0.1) is 5.82 Å². The first-order chi connectivity index (χ1) is 11.3. The van der Waals surface area contributed by atoms with Crippen molar-refractivity contribution in [2.45, 2.75) is 38.6 Å². The molecule has 4 rings (SSSR count). The smallest absolute Gasteiger partial charge is 0.159 e. The van der Waals surface area contributed by atoms with Crippen LogP contribution in [0.3, 0.4) is 0 Å². The molecule has 124 valence electrons. The van der Waals surface area contributed by atoms with Crippen LogP contribution < -0.4 is 0 Å². The van der Waals surface area contributed by atoms with Crippen molar-refractivity contribution < 1.29 is 13.9 Å². The lowest BCUT2D eigenvalue weighted by Crippen LogP contribution is -2.19. The van der Waals surface area contributed by atoms with E-state index in [1.165, 1.54) is 18.5 Å². The zero-order valence-corrected chi connectivity index (χ0v) is 13.3. The summed E-state index contributed by atoms with van der Waals surface area (Å²) in [4.78, 5) is 12.4. The molecule has 1 unspecified atom stereocenters. The van der Waals surface area contributed by atoms with Crippen molar-refractivity contribution in [2.75, 3.05) is 0 Å². The quantitative estimate of drug-likeness (QED) is 0.783. The van der Waals surface area contributed by atoms with Crippen LogP contribution in [0.1, 0.15) is 38.1 Å². The van der Waals surface area contributed by atoms with Gasteiger partial charge in [0.1, 0.15) is 17.2 Å². The Kier molecular flexibility index (Phi) is 3.18. The molecule has 0 fully saturated rings. The summed E-state index contributed by atoms with van der Waals surface area (Å²) in [5, 5.41) is 9.90. The average Bonchev–Trinajstić information content (AvgIpc) is 3.05. The van der Waals surface area contributed by atoms with E-state index in [2.05, 4.69) is 15.0 Å². The number of fused-ring (bicyclic) bond motifs is 3. The first-order valence-electron chi connectivity index (χ1n) is 7.73. The van der Waals surface area contributed by atoms with Crippen LogP contribution in [-0.2, 0) is 12.1 Å². The second-order valence-electron chi connectivity index (χ2n) is 6.55. The highest BCUT2D eigenvalue weighted by Gasteiger charge is 2.27. The van der Waals surface area contributed by atoms with Gasteiger partial charge in [0.2, 0.25) is 0 Å². The van der Waals surface area contributed by atoms with Crippen molar-refractivity contribution in [3.63, 3.8) is 0 Å². The Balaban J connectivity index is 1.83. The van der Waals surface area contributed by atoms with E-state index in [1.54, 1.807) is 24.5 Å². The molecule has 0 saturated heterocycles. The predicted octanol–water partition coefficient (Wildman–Crippen LogP) is 3.27. The molecule has 1 atom stereocenters. The van der Waals surface area contributed by atoms with E-state index in [-0.39, 0.29) is 5.82 Å². The van der Waals surface area contributed by atoms with Crippen molar-refractivity contribution in [1.29, 1.82) is 0 Å². The molecular formula is C17H16F2N4O. The summed E-state index contributed by atoms with van der Waals surface area (Å²) in [7, 11) is 0. The Morgan fingerprint density at radius 3 is 2.62 bits per heavy atom. The molecule has 7 heteroatoms. The number of benzene rings is 1. The molecule has 0 saturated carbocycles. The van der Waals surface area contributed by atoms with Crippen LogP contribution in [0.2, 0.25) is 0 Å². The van der Waals surface area contributed by atoms with Crippen LogP contribution in [-0.4, -0.2) is 24.6 Å². The van der Waals surface area contributed by atoms with Crippen molar-refractivity contribution in [3.05, 3.63) is 42.0 Å². The third-order valence-corrected chi connectivity index (χ3v) is 4.26. The predicted molar refractivity (Wildman–Crippen MR) is 84.4 cm³/mol. The van der Waals surface area contributed by atoms with Gasteiger partial charge >= 0.3 is 0 Å². The molecular weight excluding hydrogens is 314 g/mol. The van der Waals surface area contributed by atoms with E-state index in [1.807, 2.05) is 0 Å². The van der Waals surface area contributed by atoms with Crippen molar-refractivity contribution in [3.8, 4) is 11.1 Å². The third-order valence-electron chi connectivity index (χ3n) is 4.26. The van der Waals surface area contributed by atoms with Crippen molar-refractivity contribution in [1.82, 2.24) is 19.5 Å². The Bertz CT molecular complexity index is 928. The van der Waals surface area contributed by atoms with Gasteiger partial charge in [-0.3, -0.25) is 0 Å². The normalized spacial score (nSPS) is 17.5. The first-order valence-corrected chi connectivity index (χ1v) is 7.73. The standard InChI is InChI=1S/C17H16F2N4O/c1-17(2,24)16-20-7-9(8-21-16)10-5-14-13(6-12(10)19)22-15-11(18)3-4-23(14)15/h5-8,11,24H,3-4H2,1-2H3. The molecule has 1 aromatic carbocycles. The summed E-state index contributed by atoms with van der Waals surface area (Å²) in [6, 6.07) is 2.97. The topological polar surface area (TPSA) is 63.8 Å². The molecule has 1 aliphatic heterocycles. The van der Waals surface area contributed by atoms with Crippen molar-refractivity contribution in [2.24, 2.45) is 0 Å².